The van der Waals surface area contributed by atoms with E-state index in [1.807, 2.05) is 6.08 Å². The summed E-state index contributed by atoms with van der Waals surface area (Å²) in [4.78, 5) is 63.5. The van der Waals surface area contributed by atoms with Crippen molar-refractivity contribution in [2.24, 2.45) is 17.8 Å². The average Bonchev–Trinajstić information content (AvgIpc) is 3.24. The minimum absolute atomic E-state index is 0.0151. The number of methoxy groups -OCH3 is 1. The molecule has 0 spiro atoms. The van der Waals surface area contributed by atoms with Crippen LogP contribution in [0.25, 0.3) is 0 Å². The molecule has 4 amide bonds. The molecule has 2 heterocycles. The molecule has 13 heteroatoms. The van der Waals surface area contributed by atoms with E-state index in [-0.39, 0.29) is 53.6 Å². The average molecular weight is 672 g/mol. The van der Waals surface area contributed by atoms with Crippen molar-refractivity contribution in [2.45, 2.75) is 54.2 Å². The Hall–Kier alpha value is -2.63. The Kier molecular flexibility index (Phi) is 7.70. The molecule has 0 unspecified atom stereocenters. The van der Waals surface area contributed by atoms with Gasteiger partial charge in [0.25, 0.3) is 11.8 Å². The Morgan fingerprint density at radius 2 is 1.80 bits per heavy atom. The van der Waals surface area contributed by atoms with Crippen molar-refractivity contribution < 1.29 is 38.9 Å². The number of ether oxygens (including phenoxy) is 1. The number of phenols is 1. The molecule has 2 aliphatic heterocycles. The van der Waals surface area contributed by atoms with E-state index in [4.69, 9.17) is 33.0 Å². The minimum Gasteiger partial charge on any atom is -0.503 e. The van der Waals surface area contributed by atoms with Gasteiger partial charge in [-0.15, -0.1) is 23.2 Å². The summed E-state index contributed by atoms with van der Waals surface area (Å²) in [5.41, 5.74) is 1.09. The topological polar surface area (TPSA) is 142 Å². The molecule has 2 aliphatic carbocycles. The minimum atomic E-state index is -1.94. The van der Waals surface area contributed by atoms with Gasteiger partial charge in [-0.3, -0.25) is 33.8 Å². The maximum Gasteiger partial charge on any atom is 0.303 e. The number of unbranched alkanes of at least 4 members (excludes halogenated alkanes) is 2. The van der Waals surface area contributed by atoms with Crippen LogP contribution in [0.2, 0.25) is 0 Å². The van der Waals surface area contributed by atoms with E-state index >= 15 is 0 Å². The summed E-state index contributed by atoms with van der Waals surface area (Å²) >= 11 is 17.6. The highest BCUT2D eigenvalue weighted by atomic mass is 79.9. The standard InChI is InChI=1S/C28H29BrCl2N2O8/c1-32-25(39)27(30)12-16-14(21(28(27,31)26(32)40)13-10-17(29)22(36)18(11-13)41-2)7-8-15-20(16)24(38)33(23(15)37)9-5-3-4-6-19(34)35/h7,10-11,15-16,20-21,36H,3-6,8-9,12H2,1-2H3,(H,34,35)/t15-,16+,20-,21-,27+,28-/m0/s1. The molecule has 4 aliphatic rings. The molecule has 1 aromatic carbocycles. The number of aliphatic carboxylic acids is 1. The van der Waals surface area contributed by atoms with Crippen molar-refractivity contribution in [3.8, 4) is 11.5 Å². The maximum absolute atomic E-state index is 13.8. The van der Waals surface area contributed by atoms with Gasteiger partial charge in [0.05, 0.1) is 23.4 Å². The number of amides is 4. The number of aromatic hydroxyl groups is 1. The smallest absolute Gasteiger partial charge is 0.303 e. The Morgan fingerprint density at radius 3 is 2.46 bits per heavy atom. The first-order valence-electron chi connectivity index (χ1n) is 13.3. The predicted octanol–water partition coefficient (Wildman–Crippen LogP) is 3.80. The first-order valence-corrected chi connectivity index (χ1v) is 14.9. The second-order valence-corrected chi connectivity index (χ2v) is 13.2. The molecule has 0 radical (unpaired) electrons. The van der Waals surface area contributed by atoms with Crippen LogP contribution in [0.1, 0.15) is 50.0 Å². The van der Waals surface area contributed by atoms with Gasteiger partial charge in [0.2, 0.25) is 11.8 Å². The lowest BCUT2D eigenvalue weighted by atomic mass is 9.56. The number of allylic oxidation sites excluding steroid dienone is 2. The lowest BCUT2D eigenvalue weighted by Gasteiger charge is -2.50. The van der Waals surface area contributed by atoms with Crippen LogP contribution in [0.5, 0.6) is 11.5 Å². The van der Waals surface area contributed by atoms with E-state index in [9.17, 15) is 29.1 Å². The Balaban J connectivity index is 1.56. The number of carbonyl (C=O) groups excluding carboxylic acids is 4. The summed E-state index contributed by atoms with van der Waals surface area (Å²) in [6.45, 7) is 0.170. The number of alkyl halides is 2. The summed E-state index contributed by atoms with van der Waals surface area (Å²) in [5, 5.41) is 19.3. The number of rotatable bonds is 8. The van der Waals surface area contributed by atoms with Gasteiger partial charge in [0.15, 0.2) is 21.2 Å². The molecule has 0 bridgehead atoms. The highest BCUT2D eigenvalue weighted by molar-refractivity contribution is 9.10. The fraction of sp³-hybridized carbons (Fsp3) is 0.536. The van der Waals surface area contributed by atoms with Gasteiger partial charge >= 0.3 is 5.97 Å². The number of hydrogen-bond donors (Lipinski definition) is 2. The largest absolute Gasteiger partial charge is 0.503 e. The van der Waals surface area contributed by atoms with Crippen LogP contribution in [-0.2, 0) is 24.0 Å². The van der Waals surface area contributed by atoms with E-state index in [0.717, 1.165) is 4.90 Å². The number of halogens is 3. The number of hydrogen-bond acceptors (Lipinski definition) is 7. The predicted molar refractivity (Wildman–Crippen MR) is 151 cm³/mol. The Bertz CT molecular complexity index is 1400. The number of fused-ring (bicyclic) bond motifs is 4. The highest BCUT2D eigenvalue weighted by Crippen LogP contribution is 2.65. The number of phenolic OH excluding ortho intramolecular Hbond substituents is 1. The van der Waals surface area contributed by atoms with Crippen molar-refractivity contribution in [1.29, 1.82) is 0 Å². The molecule has 5 rings (SSSR count). The van der Waals surface area contributed by atoms with Gasteiger partial charge in [-0.25, -0.2) is 0 Å². The summed E-state index contributed by atoms with van der Waals surface area (Å²) in [5.74, 6) is -6.05. The highest BCUT2D eigenvalue weighted by Gasteiger charge is 2.75. The number of carboxylic acids is 1. The van der Waals surface area contributed by atoms with Crippen LogP contribution in [0.4, 0.5) is 0 Å². The quantitative estimate of drug-likeness (QED) is 0.184. The molecule has 1 aromatic rings. The van der Waals surface area contributed by atoms with Crippen molar-refractivity contribution in [1.82, 2.24) is 9.80 Å². The number of nitrogens with zero attached hydrogens (tertiary/aromatic N) is 2. The van der Waals surface area contributed by atoms with Gasteiger partial charge in [0, 0.05) is 25.9 Å². The third-order valence-electron chi connectivity index (χ3n) is 8.98. The normalized spacial score (nSPS) is 32.6. The Labute approximate surface area is 254 Å². The number of carboxylic acid groups (broad SMARTS) is 1. The molecule has 41 heavy (non-hydrogen) atoms. The number of benzene rings is 1. The van der Waals surface area contributed by atoms with Crippen LogP contribution >= 0.6 is 39.1 Å². The van der Waals surface area contributed by atoms with Gasteiger partial charge in [-0.1, -0.05) is 18.1 Å². The van der Waals surface area contributed by atoms with E-state index in [2.05, 4.69) is 15.9 Å². The first-order chi connectivity index (χ1) is 19.3. The summed E-state index contributed by atoms with van der Waals surface area (Å²) in [7, 11) is 2.69. The monoisotopic (exact) mass is 670 g/mol. The van der Waals surface area contributed by atoms with Crippen molar-refractivity contribution >= 4 is 68.7 Å². The zero-order valence-corrected chi connectivity index (χ0v) is 25.5. The summed E-state index contributed by atoms with van der Waals surface area (Å²) < 4.78 is 5.61. The van der Waals surface area contributed by atoms with E-state index < -0.39 is 51.2 Å². The fourth-order valence-electron chi connectivity index (χ4n) is 7.04. The summed E-state index contributed by atoms with van der Waals surface area (Å²) in [6.07, 6.45) is 3.44. The lowest BCUT2D eigenvalue weighted by molar-refractivity contribution is -0.141. The van der Waals surface area contributed by atoms with Gasteiger partial charge < -0.3 is 14.9 Å². The van der Waals surface area contributed by atoms with Crippen molar-refractivity contribution in [3.63, 3.8) is 0 Å². The van der Waals surface area contributed by atoms with Gasteiger partial charge in [0.1, 0.15) is 0 Å². The van der Waals surface area contributed by atoms with Crippen LogP contribution < -0.4 is 4.74 Å². The molecule has 3 fully saturated rings. The zero-order chi connectivity index (χ0) is 30.0. The molecule has 10 nitrogen and oxygen atoms in total. The zero-order valence-electron chi connectivity index (χ0n) is 22.4. The van der Waals surface area contributed by atoms with Crippen LogP contribution in [0, 0.1) is 17.8 Å². The molecule has 1 saturated carbocycles. The molecule has 6 atom stereocenters. The third kappa shape index (κ3) is 4.29. The molecular weight excluding hydrogens is 643 g/mol. The second-order valence-electron chi connectivity index (χ2n) is 11.1. The Morgan fingerprint density at radius 1 is 1.10 bits per heavy atom. The lowest BCUT2D eigenvalue weighted by Crippen LogP contribution is -2.60. The van der Waals surface area contributed by atoms with Crippen LogP contribution in [-0.4, -0.2) is 80.1 Å². The molecule has 0 aromatic heterocycles. The molecule has 2 N–H and O–H groups in total. The fourth-order valence-corrected chi connectivity index (χ4v) is 8.52. The van der Waals surface area contributed by atoms with Gasteiger partial charge in [-0.2, -0.15) is 0 Å². The molecule has 2 saturated heterocycles. The van der Waals surface area contributed by atoms with Crippen LogP contribution in [0.3, 0.4) is 0 Å². The third-order valence-corrected chi connectivity index (χ3v) is 11.0. The molecular formula is C28H29BrCl2N2O8. The maximum atomic E-state index is 13.8. The van der Waals surface area contributed by atoms with Gasteiger partial charge in [-0.05, 0) is 65.2 Å². The van der Waals surface area contributed by atoms with Crippen molar-refractivity contribution in [2.75, 3.05) is 20.7 Å². The van der Waals surface area contributed by atoms with Crippen molar-refractivity contribution in [3.05, 3.63) is 33.8 Å². The number of imide groups is 2. The first kappa shape index (κ1) is 29.8. The van der Waals surface area contributed by atoms with E-state index in [1.165, 1.54) is 25.1 Å². The van der Waals surface area contributed by atoms with E-state index in [1.54, 1.807) is 6.07 Å². The SMILES string of the molecule is COc1cc([C@H]2C3=CC[C@@H]4C(=O)N(CCCCCC(=O)O)C(=O)[C@@H]4[C@@H]3C[C@@]3(Cl)C(=O)N(C)C(=O)[C@@]23Cl)cc(Br)c1O. The summed E-state index contributed by atoms with van der Waals surface area (Å²) in [6, 6.07) is 3.11. The second kappa shape index (κ2) is 10.6. The molecule has 220 valence electrons. The number of carbonyl (C=O) groups is 5. The number of likely N-dealkylation sites (tertiary alicyclic amines) is 2. The van der Waals surface area contributed by atoms with E-state index in [0.29, 0.717) is 30.4 Å². The van der Waals surface area contributed by atoms with Crippen LogP contribution in [0.15, 0.2) is 28.3 Å².